The first-order valence-corrected chi connectivity index (χ1v) is 10.8. The minimum absolute atomic E-state index is 0.0582. The van der Waals surface area contributed by atoms with Crippen molar-refractivity contribution < 1.29 is 28.5 Å². The topological polar surface area (TPSA) is 63.2 Å². The van der Waals surface area contributed by atoms with Gasteiger partial charge in [-0.05, 0) is 45.2 Å². The van der Waals surface area contributed by atoms with E-state index in [4.69, 9.17) is 23.7 Å². The lowest BCUT2D eigenvalue weighted by atomic mass is 9.95. The van der Waals surface area contributed by atoms with E-state index in [0.29, 0.717) is 29.9 Å². The number of esters is 1. The quantitative estimate of drug-likeness (QED) is 0.482. The van der Waals surface area contributed by atoms with E-state index in [-0.39, 0.29) is 24.2 Å². The monoisotopic (exact) mass is 430 g/mol. The molecule has 1 aromatic rings. The molecule has 0 radical (unpaired) electrons. The Morgan fingerprint density at radius 1 is 1.03 bits per heavy atom. The van der Waals surface area contributed by atoms with Crippen molar-refractivity contribution >= 4 is 12.0 Å². The summed E-state index contributed by atoms with van der Waals surface area (Å²) < 4.78 is 29.2. The van der Waals surface area contributed by atoms with Crippen LogP contribution in [0.3, 0.4) is 0 Å². The largest absolute Gasteiger partial charge is 0.496 e. The van der Waals surface area contributed by atoms with Crippen molar-refractivity contribution in [3.63, 3.8) is 0 Å². The Morgan fingerprint density at radius 2 is 1.74 bits per heavy atom. The molecule has 1 fully saturated rings. The fraction of sp³-hybridized carbons (Fsp3) is 0.560. The van der Waals surface area contributed by atoms with Gasteiger partial charge in [-0.15, -0.1) is 0 Å². The molecule has 0 saturated carbocycles. The number of rotatable bonds is 2. The maximum Gasteiger partial charge on any atom is 0.342 e. The van der Waals surface area contributed by atoms with Gasteiger partial charge in [-0.25, -0.2) is 4.79 Å². The van der Waals surface area contributed by atoms with E-state index in [1.165, 1.54) is 7.11 Å². The highest BCUT2D eigenvalue weighted by Gasteiger charge is 2.42. The Labute approximate surface area is 185 Å². The van der Waals surface area contributed by atoms with Crippen LogP contribution >= 0.6 is 0 Å². The molecule has 2 heterocycles. The number of methoxy groups -OCH3 is 2. The van der Waals surface area contributed by atoms with Crippen LogP contribution in [0.15, 0.2) is 24.3 Å². The van der Waals surface area contributed by atoms with Crippen LogP contribution in [0.2, 0.25) is 0 Å². The highest BCUT2D eigenvalue weighted by molar-refractivity contribution is 5.98. The maximum absolute atomic E-state index is 13.1. The molecule has 1 unspecified atom stereocenters. The van der Waals surface area contributed by atoms with E-state index in [1.807, 2.05) is 45.9 Å². The highest BCUT2D eigenvalue weighted by Crippen LogP contribution is 2.37. The van der Waals surface area contributed by atoms with E-state index < -0.39 is 11.8 Å². The molecule has 170 valence electrons. The number of carbonyl (C=O) groups excluding carboxylic acids is 1. The minimum Gasteiger partial charge on any atom is -0.496 e. The van der Waals surface area contributed by atoms with Crippen LogP contribution < -0.4 is 9.47 Å². The van der Waals surface area contributed by atoms with E-state index in [1.54, 1.807) is 13.2 Å². The molecule has 1 aromatic carbocycles. The summed E-state index contributed by atoms with van der Waals surface area (Å²) in [6.07, 6.45) is 8.95. The molecule has 6 heteroatoms. The molecule has 1 saturated heterocycles. The lowest BCUT2D eigenvalue weighted by Gasteiger charge is -2.22. The fourth-order valence-electron chi connectivity index (χ4n) is 4.24. The predicted molar refractivity (Wildman–Crippen MR) is 120 cm³/mol. The first kappa shape index (κ1) is 23.4. The summed E-state index contributed by atoms with van der Waals surface area (Å²) in [6.45, 7) is 9.82. The molecule has 0 bridgehead atoms. The first-order valence-electron chi connectivity index (χ1n) is 10.8. The van der Waals surface area contributed by atoms with Crippen molar-refractivity contribution in [3.05, 3.63) is 41.0 Å². The number of fused-ring (bicyclic) bond motifs is 2. The van der Waals surface area contributed by atoms with E-state index in [0.717, 1.165) is 11.1 Å². The van der Waals surface area contributed by atoms with E-state index in [9.17, 15) is 4.79 Å². The average molecular weight is 431 g/mol. The Morgan fingerprint density at radius 3 is 2.42 bits per heavy atom. The molecule has 2 aliphatic rings. The first-order chi connectivity index (χ1) is 14.7. The van der Waals surface area contributed by atoms with Gasteiger partial charge in [-0.1, -0.05) is 31.2 Å². The van der Waals surface area contributed by atoms with Gasteiger partial charge >= 0.3 is 5.97 Å². The van der Waals surface area contributed by atoms with Gasteiger partial charge in [-0.2, -0.15) is 0 Å². The summed E-state index contributed by atoms with van der Waals surface area (Å²) in [5.74, 6) is 0.201. The second-order valence-corrected chi connectivity index (χ2v) is 8.71. The molecular formula is C25H34O6. The number of ether oxygens (including phenoxy) is 5. The summed E-state index contributed by atoms with van der Waals surface area (Å²) in [6, 6.07) is 1.73. The third-order valence-corrected chi connectivity index (χ3v) is 5.80. The van der Waals surface area contributed by atoms with Gasteiger partial charge < -0.3 is 23.7 Å². The van der Waals surface area contributed by atoms with Gasteiger partial charge in [0.15, 0.2) is 5.79 Å². The molecule has 0 aromatic heterocycles. The van der Waals surface area contributed by atoms with Crippen molar-refractivity contribution in [1.82, 2.24) is 0 Å². The lowest BCUT2D eigenvalue weighted by molar-refractivity contribution is -0.148. The summed E-state index contributed by atoms with van der Waals surface area (Å²) in [4.78, 5) is 13.1. The number of carbonyl (C=O) groups is 1. The number of cyclic esters (lactones) is 1. The van der Waals surface area contributed by atoms with Gasteiger partial charge in [0.1, 0.15) is 23.2 Å². The van der Waals surface area contributed by atoms with E-state index in [2.05, 4.69) is 13.0 Å². The molecule has 0 N–H and O–H groups in total. The zero-order valence-electron chi connectivity index (χ0n) is 19.6. The number of benzene rings is 1. The Bertz CT molecular complexity index is 869. The Kier molecular flexibility index (Phi) is 7.12. The Balaban J connectivity index is 2.08. The van der Waals surface area contributed by atoms with Gasteiger partial charge in [0, 0.05) is 18.4 Å². The lowest BCUT2D eigenvalue weighted by Crippen LogP contribution is -2.28. The zero-order valence-corrected chi connectivity index (χ0v) is 19.6. The predicted octanol–water partition coefficient (Wildman–Crippen LogP) is 5.08. The molecule has 0 spiro atoms. The third kappa shape index (κ3) is 5.13. The smallest absolute Gasteiger partial charge is 0.342 e. The second kappa shape index (κ2) is 9.45. The van der Waals surface area contributed by atoms with Gasteiger partial charge in [-0.3, -0.25) is 0 Å². The average Bonchev–Trinajstić information content (AvgIpc) is 3.02. The summed E-state index contributed by atoms with van der Waals surface area (Å²) >= 11 is 0. The SMILES string of the molecule is COc1cc(OC)c2c(c1C)/C=C/C[C@H]1OC(C)(C)O[C@@H]1C(C)/C=C\C[C@H](C)OC2=O. The van der Waals surface area contributed by atoms with E-state index >= 15 is 0 Å². The van der Waals surface area contributed by atoms with Gasteiger partial charge in [0.25, 0.3) is 0 Å². The van der Waals surface area contributed by atoms with Gasteiger partial charge in [0.05, 0.1) is 26.4 Å². The van der Waals surface area contributed by atoms with Crippen LogP contribution in [0.4, 0.5) is 0 Å². The zero-order chi connectivity index (χ0) is 22.8. The standard InChI is InChI=1S/C25H34O6/c1-15-10-8-11-16(2)29-24(26)22-18(17(3)20(27-6)14-21(22)28-7)12-9-13-19-23(15)31-25(4,5)30-19/h8-10,12,14-16,19,23H,11,13H2,1-7H3/b10-8-,12-9+/t15?,16-,19+,23+/m0/s1. The van der Waals surface area contributed by atoms with Crippen LogP contribution in [0.25, 0.3) is 6.08 Å². The van der Waals surface area contributed by atoms with Crippen molar-refractivity contribution in [1.29, 1.82) is 0 Å². The number of hydrogen-bond donors (Lipinski definition) is 0. The normalized spacial score (nSPS) is 30.4. The molecule has 3 rings (SSSR count). The molecule has 6 nitrogen and oxygen atoms in total. The summed E-state index contributed by atoms with van der Waals surface area (Å²) in [7, 11) is 3.14. The van der Waals surface area contributed by atoms with Crippen molar-refractivity contribution in [2.45, 2.75) is 71.6 Å². The third-order valence-electron chi connectivity index (χ3n) is 5.80. The van der Waals surface area contributed by atoms with Gasteiger partial charge in [0.2, 0.25) is 0 Å². The highest BCUT2D eigenvalue weighted by atomic mass is 16.8. The fourth-order valence-corrected chi connectivity index (χ4v) is 4.24. The molecule has 0 aliphatic carbocycles. The van der Waals surface area contributed by atoms with Crippen LogP contribution in [-0.4, -0.2) is 44.3 Å². The van der Waals surface area contributed by atoms with Crippen molar-refractivity contribution in [2.24, 2.45) is 5.92 Å². The molecular weight excluding hydrogens is 396 g/mol. The number of hydrogen-bond acceptors (Lipinski definition) is 6. The molecule has 31 heavy (non-hydrogen) atoms. The van der Waals surface area contributed by atoms with Crippen LogP contribution in [0.1, 0.15) is 62.0 Å². The molecule has 2 aliphatic heterocycles. The molecule has 4 atom stereocenters. The minimum atomic E-state index is -0.633. The maximum atomic E-state index is 13.1. The van der Waals surface area contributed by atoms with Crippen LogP contribution in [-0.2, 0) is 14.2 Å². The summed E-state index contributed by atoms with van der Waals surface area (Å²) in [5, 5.41) is 0. The van der Waals surface area contributed by atoms with Crippen molar-refractivity contribution in [3.8, 4) is 11.5 Å². The van der Waals surface area contributed by atoms with Crippen LogP contribution in [0, 0.1) is 12.8 Å². The van der Waals surface area contributed by atoms with Crippen LogP contribution in [0.5, 0.6) is 11.5 Å². The second-order valence-electron chi connectivity index (χ2n) is 8.71. The molecule has 0 amide bonds. The van der Waals surface area contributed by atoms with Crippen molar-refractivity contribution in [2.75, 3.05) is 14.2 Å². The Hall–Kier alpha value is -2.31. The summed E-state index contributed by atoms with van der Waals surface area (Å²) in [5.41, 5.74) is 1.97.